The van der Waals surface area contributed by atoms with Gasteiger partial charge in [0.15, 0.2) is 0 Å². The van der Waals surface area contributed by atoms with Crippen LogP contribution in [0.3, 0.4) is 0 Å². The Hall–Kier alpha value is -3.22. The summed E-state index contributed by atoms with van der Waals surface area (Å²) < 4.78 is 53.7. The fourth-order valence-corrected chi connectivity index (χ4v) is 2.93. The number of nitrogens with one attached hydrogen (secondary N) is 2. The standard InChI is InChI=1S/C24H27F4N3.C2H6/c1-15(2)11-16(3)31(22-8-6-7-21(25)13-22)14-20-10-9-19(12-23(20)26)17(4)29-30-18(5)24(27)28;1-2/h6-10,12-13,15,24,29-30H,3-5,11,14H2,1-2H3;1-2H3. The van der Waals surface area contributed by atoms with Gasteiger partial charge in [-0.3, -0.25) is 5.43 Å². The third-order valence-corrected chi connectivity index (χ3v) is 4.51. The van der Waals surface area contributed by atoms with Gasteiger partial charge in [-0.1, -0.05) is 65.6 Å². The van der Waals surface area contributed by atoms with Crippen molar-refractivity contribution in [1.82, 2.24) is 10.9 Å². The Morgan fingerprint density at radius 1 is 0.970 bits per heavy atom. The van der Waals surface area contributed by atoms with Crippen LogP contribution in [0.25, 0.3) is 5.70 Å². The van der Waals surface area contributed by atoms with Gasteiger partial charge in [0.1, 0.15) is 11.6 Å². The molecule has 7 heteroatoms. The van der Waals surface area contributed by atoms with Crippen molar-refractivity contribution < 1.29 is 17.6 Å². The maximum atomic E-state index is 14.9. The molecule has 0 aliphatic carbocycles. The third-order valence-electron chi connectivity index (χ3n) is 4.51. The molecule has 0 aliphatic rings. The highest BCUT2D eigenvalue weighted by atomic mass is 19.3. The normalized spacial score (nSPS) is 10.4. The number of hydrogen-bond acceptors (Lipinski definition) is 3. The molecular weight excluding hydrogens is 430 g/mol. The zero-order chi connectivity index (χ0) is 25.1. The average molecular weight is 464 g/mol. The Morgan fingerprint density at radius 3 is 2.18 bits per heavy atom. The monoisotopic (exact) mass is 463 g/mol. The highest BCUT2D eigenvalue weighted by Gasteiger charge is 2.16. The summed E-state index contributed by atoms with van der Waals surface area (Å²) in [5.41, 5.74) is 6.48. The van der Waals surface area contributed by atoms with E-state index >= 15 is 0 Å². The molecule has 0 fully saturated rings. The van der Waals surface area contributed by atoms with Crippen molar-refractivity contribution in [2.75, 3.05) is 4.90 Å². The summed E-state index contributed by atoms with van der Waals surface area (Å²) in [6, 6.07) is 10.5. The van der Waals surface area contributed by atoms with Gasteiger partial charge in [-0.2, -0.15) is 0 Å². The van der Waals surface area contributed by atoms with Gasteiger partial charge >= 0.3 is 0 Å². The maximum absolute atomic E-state index is 14.9. The van der Waals surface area contributed by atoms with Gasteiger partial charge in [0.25, 0.3) is 6.43 Å². The largest absolute Gasteiger partial charge is 0.341 e. The van der Waals surface area contributed by atoms with E-state index in [0.717, 1.165) is 5.70 Å². The second-order valence-corrected chi connectivity index (χ2v) is 7.59. The Balaban J connectivity index is 0.00000265. The summed E-state index contributed by atoms with van der Waals surface area (Å²) in [5.74, 6) is -0.580. The SMILES string of the molecule is C=C(NNC(=C)C(F)F)c1ccc(CN(C(=C)CC(C)C)c2cccc(F)c2)c(F)c1.CC. The minimum Gasteiger partial charge on any atom is -0.341 e. The molecule has 0 spiro atoms. The molecule has 0 saturated heterocycles. The number of hydrogen-bond donors (Lipinski definition) is 2. The molecule has 2 aromatic carbocycles. The van der Waals surface area contributed by atoms with E-state index in [9.17, 15) is 17.6 Å². The zero-order valence-electron chi connectivity index (χ0n) is 19.7. The molecule has 2 N–H and O–H groups in total. The number of benzene rings is 2. The molecule has 180 valence electrons. The Kier molecular flexibility index (Phi) is 11.3. The van der Waals surface area contributed by atoms with Crippen molar-refractivity contribution in [2.24, 2.45) is 5.92 Å². The molecule has 0 aliphatic heterocycles. The van der Waals surface area contributed by atoms with E-state index in [1.165, 1.54) is 18.2 Å². The summed E-state index contributed by atoms with van der Waals surface area (Å²) >= 11 is 0. The van der Waals surface area contributed by atoms with E-state index in [-0.39, 0.29) is 12.2 Å². The van der Waals surface area contributed by atoms with E-state index in [4.69, 9.17) is 0 Å². The zero-order valence-corrected chi connectivity index (χ0v) is 19.7. The van der Waals surface area contributed by atoms with Gasteiger partial charge in [-0.25, -0.2) is 17.6 Å². The summed E-state index contributed by atoms with van der Waals surface area (Å²) in [6.45, 7) is 19.2. The van der Waals surface area contributed by atoms with E-state index in [2.05, 4.69) is 30.6 Å². The predicted molar refractivity (Wildman–Crippen MR) is 129 cm³/mol. The van der Waals surface area contributed by atoms with Crippen molar-refractivity contribution in [3.63, 3.8) is 0 Å². The van der Waals surface area contributed by atoms with Gasteiger partial charge < -0.3 is 10.3 Å². The van der Waals surface area contributed by atoms with E-state index in [1.54, 1.807) is 29.2 Å². The highest BCUT2D eigenvalue weighted by molar-refractivity contribution is 5.62. The van der Waals surface area contributed by atoms with Crippen molar-refractivity contribution in [3.05, 3.63) is 96.4 Å². The molecule has 0 heterocycles. The second kappa shape index (κ2) is 13.4. The van der Waals surface area contributed by atoms with Crippen molar-refractivity contribution in [1.29, 1.82) is 0 Å². The highest BCUT2D eigenvalue weighted by Crippen LogP contribution is 2.27. The minimum absolute atomic E-state index is 0.154. The van der Waals surface area contributed by atoms with Gasteiger partial charge in [-0.05, 0) is 36.6 Å². The lowest BCUT2D eigenvalue weighted by Gasteiger charge is -2.28. The Morgan fingerprint density at radius 2 is 1.64 bits per heavy atom. The summed E-state index contributed by atoms with van der Waals surface area (Å²) in [4.78, 5) is 1.78. The van der Waals surface area contributed by atoms with Crippen LogP contribution >= 0.6 is 0 Å². The molecule has 2 aromatic rings. The number of rotatable bonds is 11. The number of anilines is 1. The lowest BCUT2D eigenvalue weighted by molar-refractivity contribution is 0.179. The lowest BCUT2D eigenvalue weighted by Crippen LogP contribution is -2.31. The molecule has 2 rings (SSSR count). The number of allylic oxidation sites excluding steroid dienone is 2. The molecule has 3 nitrogen and oxygen atoms in total. The topological polar surface area (TPSA) is 27.3 Å². The summed E-state index contributed by atoms with van der Waals surface area (Å²) in [6.07, 6.45) is -2.08. The number of hydrazine groups is 1. The van der Waals surface area contributed by atoms with Crippen LogP contribution in [0.4, 0.5) is 23.2 Å². The Labute approximate surface area is 194 Å². The van der Waals surface area contributed by atoms with Crippen molar-refractivity contribution >= 4 is 11.4 Å². The Bertz CT molecular complexity index is 954. The molecule has 0 radical (unpaired) electrons. The maximum Gasteiger partial charge on any atom is 0.279 e. The first-order chi connectivity index (χ1) is 15.6. The van der Waals surface area contributed by atoms with Crippen LogP contribution in [0.5, 0.6) is 0 Å². The molecule has 0 amide bonds. The van der Waals surface area contributed by atoms with Gasteiger partial charge in [0.05, 0.1) is 17.9 Å². The molecule has 33 heavy (non-hydrogen) atoms. The molecule has 0 unspecified atom stereocenters. The quantitative estimate of drug-likeness (QED) is 0.269. The van der Waals surface area contributed by atoms with Crippen LogP contribution < -0.4 is 15.8 Å². The lowest BCUT2D eigenvalue weighted by atomic mass is 10.0. The molecular formula is C26H33F4N3. The van der Waals surface area contributed by atoms with E-state index in [1.807, 2.05) is 27.7 Å². The van der Waals surface area contributed by atoms with Crippen LogP contribution in [0.2, 0.25) is 0 Å². The molecule has 0 aromatic heterocycles. The molecule has 0 atom stereocenters. The molecule has 0 bridgehead atoms. The van der Waals surface area contributed by atoms with Gasteiger partial charge in [0.2, 0.25) is 0 Å². The smallest absolute Gasteiger partial charge is 0.279 e. The minimum atomic E-state index is -2.74. The number of halogens is 4. The van der Waals surface area contributed by atoms with Crippen LogP contribution in [0, 0.1) is 17.6 Å². The number of nitrogens with zero attached hydrogens (tertiary/aromatic N) is 1. The van der Waals surface area contributed by atoms with Crippen molar-refractivity contribution in [3.8, 4) is 0 Å². The number of alkyl halides is 2. The van der Waals surface area contributed by atoms with Gasteiger partial charge in [-0.15, -0.1) is 0 Å². The van der Waals surface area contributed by atoms with Crippen LogP contribution in [-0.2, 0) is 6.54 Å². The average Bonchev–Trinajstić information content (AvgIpc) is 2.77. The first-order valence-electron chi connectivity index (χ1n) is 10.8. The summed E-state index contributed by atoms with van der Waals surface area (Å²) in [7, 11) is 0. The van der Waals surface area contributed by atoms with Crippen LogP contribution in [0.1, 0.15) is 45.2 Å². The van der Waals surface area contributed by atoms with E-state index < -0.39 is 23.8 Å². The first-order valence-corrected chi connectivity index (χ1v) is 10.8. The van der Waals surface area contributed by atoms with E-state index in [0.29, 0.717) is 29.2 Å². The third kappa shape index (κ3) is 8.67. The summed E-state index contributed by atoms with van der Waals surface area (Å²) in [5, 5.41) is 0. The second-order valence-electron chi connectivity index (χ2n) is 7.59. The predicted octanol–water partition coefficient (Wildman–Crippen LogP) is 7.40. The fraction of sp³-hybridized carbons (Fsp3) is 0.308. The van der Waals surface area contributed by atoms with Crippen LogP contribution in [0.15, 0.2) is 73.6 Å². The molecule has 0 saturated carbocycles. The van der Waals surface area contributed by atoms with Gasteiger partial charge in [0, 0.05) is 22.5 Å². The van der Waals surface area contributed by atoms with Crippen LogP contribution in [-0.4, -0.2) is 6.43 Å². The van der Waals surface area contributed by atoms with Crippen molar-refractivity contribution in [2.45, 2.75) is 47.1 Å². The fourth-order valence-electron chi connectivity index (χ4n) is 2.93. The first kappa shape index (κ1) is 27.8.